The van der Waals surface area contributed by atoms with Crippen LogP contribution < -0.4 is 4.90 Å². The predicted molar refractivity (Wildman–Crippen MR) is 149 cm³/mol. The Labute approximate surface area is 225 Å². The van der Waals surface area contributed by atoms with Crippen LogP contribution in [-0.2, 0) is 17.6 Å². The number of aryl methyl sites for hydroxylation is 1. The van der Waals surface area contributed by atoms with E-state index in [0.717, 1.165) is 80.1 Å². The first-order valence-corrected chi connectivity index (χ1v) is 13.9. The van der Waals surface area contributed by atoms with Crippen LogP contribution in [0.5, 0.6) is 0 Å². The molecule has 2 aliphatic rings. The van der Waals surface area contributed by atoms with Crippen molar-refractivity contribution in [3.8, 4) is 0 Å². The van der Waals surface area contributed by atoms with Crippen molar-refractivity contribution in [2.24, 2.45) is 5.92 Å². The van der Waals surface area contributed by atoms with E-state index in [9.17, 15) is 4.79 Å². The van der Waals surface area contributed by atoms with E-state index in [1.807, 2.05) is 45.3 Å². The van der Waals surface area contributed by atoms with Crippen molar-refractivity contribution >= 4 is 28.7 Å². The van der Waals surface area contributed by atoms with Crippen LogP contribution in [-0.4, -0.2) is 57.7 Å². The number of anilines is 1. The summed E-state index contributed by atoms with van der Waals surface area (Å²) in [6.45, 7) is 10.9. The minimum Gasteiger partial charge on any atom is -0.444 e. The van der Waals surface area contributed by atoms with E-state index >= 15 is 0 Å². The Kier molecular flexibility index (Phi) is 7.68. The van der Waals surface area contributed by atoms with E-state index < -0.39 is 5.60 Å². The molecule has 4 heterocycles. The van der Waals surface area contributed by atoms with Gasteiger partial charge in [0.15, 0.2) is 11.5 Å². The van der Waals surface area contributed by atoms with Crippen LogP contribution in [0.4, 0.5) is 10.7 Å². The Bertz CT molecular complexity index is 1280. The van der Waals surface area contributed by atoms with Crippen molar-refractivity contribution in [2.75, 3.05) is 31.1 Å². The Hall–Kier alpha value is -3.42. The predicted octanol–water partition coefficient (Wildman–Crippen LogP) is 6.05. The fraction of sp³-hybridized carbons (Fsp3) is 0.533. The third-order valence-electron chi connectivity index (χ3n) is 7.26. The molecule has 202 valence electrons. The lowest BCUT2D eigenvalue weighted by atomic mass is 9.94. The number of para-hydroxylation sites is 1. The number of hydrogen-bond donors (Lipinski definition) is 0. The van der Waals surface area contributed by atoms with Crippen molar-refractivity contribution in [2.45, 2.75) is 71.8 Å². The number of carbonyl (C=O) groups is 1. The molecule has 1 amide bonds. The Morgan fingerprint density at radius 3 is 2.55 bits per heavy atom. The molecule has 2 aromatic heterocycles. The number of nitrogens with zero attached hydrogens (tertiary/aromatic N) is 5. The number of piperidine rings is 1. The molecule has 0 spiro atoms. The molecule has 2 aliphatic heterocycles. The van der Waals surface area contributed by atoms with E-state index in [-0.39, 0.29) is 6.09 Å². The van der Waals surface area contributed by atoms with Crippen LogP contribution in [0.1, 0.15) is 70.4 Å². The average molecular weight is 518 g/mol. The molecule has 1 aromatic carbocycles. The van der Waals surface area contributed by atoms with Gasteiger partial charge in [-0.1, -0.05) is 31.6 Å². The summed E-state index contributed by atoms with van der Waals surface area (Å²) in [5.74, 6) is 2.16. The highest BCUT2D eigenvalue weighted by atomic mass is 16.6. The van der Waals surface area contributed by atoms with Crippen LogP contribution in [0.2, 0.25) is 0 Å². The second kappa shape index (κ2) is 11.1. The summed E-state index contributed by atoms with van der Waals surface area (Å²) >= 11 is 0. The van der Waals surface area contributed by atoms with Crippen molar-refractivity contribution in [1.82, 2.24) is 19.9 Å². The SMILES string of the molecule is CCCc1cnc(N2CCC(Cc3nc4cccc(C5=CCN(C(=O)OC(C)(C)C)CC5)c4o3)CC2)nc1. The molecule has 0 unspecified atom stereocenters. The van der Waals surface area contributed by atoms with Gasteiger partial charge < -0.3 is 19.0 Å². The smallest absolute Gasteiger partial charge is 0.410 e. The van der Waals surface area contributed by atoms with Gasteiger partial charge in [-0.05, 0) is 69.6 Å². The van der Waals surface area contributed by atoms with E-state index in [2.05, 4.69) is 33.9 Å². The van der Waals surface area contributed by atoms with Crippen LogP contribution >= 0.6 is 0 Å². The van der Waals surface area contributed by atoms with Gasteiger partial charge in [0.1, 0.15) is 11.1 Å². The largest absolute Gasteiger partial charge is 0.444 e. The van der Waals surface area contributed by atoms with Gasteiger partial charge in [0.05, 0.1) is 0 Å². The summed E-state index contributed by atoms with van der Waals surface area (Å²) in [7, 11) is 0. The van der Waals surface area contributed by atoms with Gasteiger partial charge in [0, 0.05) is 50.6 Å². The molecule has 8 nitrogen and oxygen atoms in total. The summed E-state index contributed by atoms with van der Waals surface area (Å²) in [6, 6.07) is 6.15. The number of amides is 1. The van der Waals surface area contributed by atoms with E-state index in [0.29, 0.717) is 19.0 Å². The number of oxazole rings is 1. The van der Waals surface area contributed by atoms with Crippen molar-refractivity contribution in [3.63, 3.8) is 0 Å². The number of hydrogen-bond acceptors (Lipinski definition) is 7. The van der Waals surface area contributed by atoms with Crippen LogP contribution in [0.3, 0.4) is 0 Å². The first-order valence-electron chi connectivity index (χ1n) is 13.9. The molecule has 5 rings (SSSR count). The maximum Gasteiger partial charge on any atom is 0.410 e. The molecule has 0 bridgehead atoms. The molecule has 3 aromatic rings. The number of rotatable bonds is 6. The quantitative estimate of drug-likeness (QED) is 0.393. The first kappa shape index (κ1) is 26.2. The van der Waals surface area contributed by atoms with Crippen LogP contribution in [0.25, 0.3) is 16.7 Å². The number of ether oxygens (including phenoxy) is 1. The Morgan fingerprint density at radius 1 is 1.13 bits per heavy atom. The molecule has 8 heteroatoms. The summed E-state index contributed by atoms with van der Waals surface area (Å²) < 4.78 is 11.9. The van der Waals surface area contributed by atoms with Gasteiger partial charge >= 0.3 is 6.09 Å². The molecule has 1 saturated heterocycles. The summed E-state index contributed by atoms with van der Waals surface area (Å²) in [6.07, 6.45) is 11.6. The van der Waals surface area contributed by atoms with E-state index in [1.54, 1.807) is 4.90 Å². The zero-order chi connectivity index (χ0) is 26.7. The Balaban J connectivity index is 1.21. The molecule has 0 aliphatic carbocycles. The van der Waals surface area contributed by atoms with Crippen molar-refractivity contribution in [1.29, 1.82) is 0 Å². The van der Waals surface area contributed by atoms with E-state index in [4.69, 9.17) is 14.1 Å². The number of aromatic nitrogens is 3. The number of fused-ring (bicyclic) bond motifs is 1. The lowest BCUT2D eigenvalue weighted by molar-refractivity contribution is 0.0270. The third kappa shape index (κ3) is 6.17. The molecule has 0 atom stereocenters. The summed E-state index contributed by atoms with van der Waals surface area (Å²) in [4.78, 5) is 30.5. The van der Waals surface area contributed by atoms with Gasteiger partial charge in [-0.3, -0.25) is 0 Å². The maximum absolute atomic E-state index is 12.4. The molecule has 0 saturated carbocycles. The topological polar surface area (TPSA) is 84.6 Å². The molecule has 0 radical (unpaired) electrons. The van der Waals surface area contributed by atoms with Gasteiger partial charge in [-0.2, -0.15) is 0 Å². The third-order valence-corrected chi connectivity index (χ3v) is 7.26. The fourth-order valence-electron chi connectivity index (χ4n) is 5.25. The maximum atomic E-state index is 12.4. The van der Waals surface area contributed by atoms with Gasteiger partial charge in [0.25, 0.3) is 0 Å². The lowest BCUT2D eigenvalue weighted by Gasteiger charge is -2.31. The number of benzene rings is 1. The standard InChI is InChI=1S/C30H39N5O3/c1-5-7-22-19-31-28(32-20-22)34-14-10-21(11-15-34)18-26-33-25-9-6-8-24(27(25)37-26)23-12-16-35(17-13-23)29(36)38-30(2,3)4/h6,8-9,12,19-21H,5,7,10-11,13-18H2,1-4H3. The minimum absolute atomic E-state index is 0.265. The van der Waals surface area contributed by atoms with Gasteiger partial charge in [-0.25, -0.2) is 19.7 Å². The zero-order valence-electron chi connectivity index (χ0n) is 23.1. The van der Waals surface area contributed by atoms with Crippen molar-refractivity contribution < 1.29 is 13.9 Å². The Morgan fingerprint density at radius 2 is 1.89 bits per heavy atom. The normalized spacial score (nSPS) is 17.1. The monoisotopic (exact) mass is 517 g/mol. The highest BCUT2D eigenvalue weighted by molar-refractivity contribution is 5.88. The average Bonchev–Trinajstić information content (AvgIpc) is 3.31. The second-order valence-corrected chi connectivity index (χ2v) is 11.4. The van der Waals surface area contributed by atoms with E-state index in [1.165, 1.54) is 11.1 Å². The zero-order valence-corrected chi connectivity index (χ0v) is 23.1. The fourth-order valence-corrected chi connectivity index (χ4v) is 5.25. The molecule has 1 fully saturated rings. The number of carbonyl (C=O) groups excluding carboxylic acids is 1. The van der Waals surface area contributed by atoms with Crippen LogP contribution in [0, 0.1) is 5.92 Å². The summed E-state index contributed by atoms with van der Waals surface area (Å²) in [5, 5.41) is 0. The highest BCUT2D eigenvalue weighted by Crippen LogP contribution is 2.32. The molecule has 0 N–H and O–H groups in total. The van der Waals surface area contributed by atoms with Gasteiger partial charge in [-0.15, -0.1) is 0 Å². The molecular weight excluding hydrogens is 478 g/mol. The molecular formula is C30H39N5O3. The van der Waals surface area contributed by atoms with Crippen molar-refractivity contribution in [3.05, 3.63) is 53.7 Å². The second-order valence-electron chi connectivity index (χ2n) is 11.4. The molecule has 38 heavy (non-hydrogen) atoms. The van der Waals surface area contributed by atoms with Crippen LogP contribution in [0.15, 0.2) is 41.1 Å². The highest BCUT2D eigenvalue weighted by Gasteiger charge is 2.26. The van der Waals surface area contributed by atoms with Gasteiger partial charge in [0.2, 0.25) is 5.95 Å². The lowest BCUT2D eigenvalue weighted by Crippen LogP contribution is -2.39. The summed E-state index contributed by atoms with van der Waals surface area (Å²) in [5.41, 5.74) is 4.71. The first-order chi connectivity index (χ1) is 18.3. The minimum atomic E-state index is -0.493.